The molecule has 0 bridgehead atoms. The number of thioether (sulfide) groups is 1. The number of rotatable bonds is 25. The molecule has 3 unspecified atom stereocenters. The van der Waals surface area contributed by atoms with Gasteiger partial charge >= 0.3 is 6.09 Å². The predicted molar refractivity (Wildman–Crippen MR) is 176 cm³/mol. The molecule has 1 aromatic carbocycles. The lowest BCUT2D eigenvalue weighted by molar-refractivity contribution is -0.386. The number of nitrogens with one attached hydrogen (secondary N) is 1. The van der Waals surface area contributed by atoms with E-state index in [1.54, 1.807) is 19.1 Å². The minimum Gasteiger partial charge on any atom is -0.441 e. The molecule has 6 nitrogen and oxygen atoms in total. The predicted octanol–water partition coefficient (Wildman–Crippen LogP) is 11.5. The van der Waals surface area contributed by atoms with E-state index in [1.165, 1.54) is 89.9 Å². The van der Waals surface area contributed by atoms with Crippen LogP contribution in [0.3, 0.4) is 0 Å². The number of benzene rings is 1. The van der Waals surface area contributed by atoms with Crippen LogP contribution in [0.25, 0.3) is 0 Å². The van der Waals surface area contributed by atoms with Crippen molar-refractivity contribution in [2.75, 3.05) is 0 Å². The zero-order chi connectivity index (χ0) is 30.3. The normalized spacial score (nSPS) is 13.5. The largest absolute Gasteiger partial charge is 0.441 e. The summed E-state index contributed by atoms with van der Waals surface area (Å²) in [7, 11) is 0. The molecule has 0 aliphatic carbocycles. The number of amides is 1. The van der Waals surface area contributed by atoms with Crippen LogP contribution in [0, 0.1) is 10.1 Å². The monoisotopic (exact) mass is 592 g/mol. The maximum absolute atomic E-state index is 12.9. The fourth-order valence-corrected chi connectivity index (χ4v) is 6.56. The van der Waals surface area contributed by atoms with Gasteiger partial charge in [-0.15, -0.1) is 0 Å². The van der Waals surface area contributed by atoms with Crippen LogP contribution in [-0.4, -0.2) is 22.3 Å². The van der Waals surface area contributed by atoms with Gasteiger partial charge in [0.1, 0.15) is 6.10 Å². The second-order valence-corrected chi connectivity index (χ2v) is 13.0. The first-order valence-electron chi connectivity index (χ1n) is 16.7. The highest BCUT2D eigenvalue weighted by atomic mass is 32.2. The summed E-state index contributed by atoms with van der Waals surface area (Å²) in [4.78, 5) is 24.5. The molecule has 1 N–H and O–H groups in total. The van der Waals surface area contributed by atoms with Crippen molar-refractivity contribution in [3.05, 3.63) is 39.4 Å². The Balaban J connectivity index is 2.80. The molecule has 3 atom stereocenters. The van der Waals surface area contributed by atoms with Crippen molar-refractivity contribution in [3.8, 4) is 0 Å². The van der Waals surface area contributed by atoms with E-state index in [0.717, 1.165) is 37.0 Å². The standard InChI is InChI=1S/C34H60N2O4S/c1-6-10-14-16-19-21-30(20-18-15-11-7-2)35-34(37)40-28(5)32-25-24-29(26-33(32)36(38)39)27-41-31(22-13-9-4)23-17-12-8-3/h24-26,28,30-31H,6-23,27H2,1-5H3,(H,35,37). The number of unbranched alkanes of at least 4 members (excludes halogenated alkanes) is 10. The zero-order valence-corrected chi connectivity index (χ0v) is 27.7. The van der Waals surface area contributed by atoms with Crippen molar-refractivity contribution in [3.63, 3.8) is 0 Å². The molecule has 0 saturated heterocycles. The van der Waals surface area contributed by atoms with E-state index < -0.39 is 12.2 Å². The van der Waals surface area contributed by atoms with E-state index in [-0.39, 0.29) is 16.7 Å². The topological polar surface area (TPSA) is 81.5 Å². The maximum Gasteiger partial charge on any atom is 0.407 e. The molecule has 0 radical (unpaired) electrons. The number of carbonyl (C=O) groups excluding carboxylic acids is 1. The van der Waals surface area contributed by atoms with Crippen molar-refractivity contribution < 1.29 is 14.5 Å². The first-order valence-corrected chi connectivity index (χ1v) is 17.8. The molecule has 0 fully saturated rings. The van der Waals surface area contributed by atoms with Crippen LogP contribution in [-0.2, 0) is 10.5 Å². The number of nitrogens with zero attached hydrogens (tertiary/aromatic N) is 1. The lowest BCUT2D eigenvalue weighted by Crippen LogP contribution is -2.35. The summed E-state index contributed by atoms with van der Waals surface area (Å²) in [6.07, 6.45) is 19.9. The summed E-state index contributed by atoms with van der Waals surface area (Å²) >= 11 is 1.92. The van der Waals surface area contributed by atoms with Gasteiger partial charge in [-0.1, -0.05) is 124 Å². The molecular weight excluding hydrogens is 532 g/mol. The highest BCUT2D eigenvalue weighted by Gasteiger charge is 2.24. The Labute approximate surface area is 255 Å². The Kier molecular flexibility index (Phi) is 21.6. The van der Waals surface area contributed by atoms with E-state index in [1.807, 2.05) is 17.8 Å². The van der Waals surface area contributed by atoms with Gasteiger partial charge in [-0.05, 0) is 44.2 Å². The summed E-state index contributed by atoms with van der Waals surface area (Å²) in [6, 6.07) is 5.50. The van der Waals surface area contributed by atoms with Crippen LogP contribution < -0.4 is 5.32 Å². The smallest absolute Gasteiger partial charge is 0.407 e. The summed E-state index contributed by atoms with van der Waals surface area (Å²) in [6.45, 7) is 10.6. The van der Waals surface area contributed by atoms with Crippen LogP contribution in [0.5, 0.6) is 0 Å². The molecule has 1 amide bonds. The van der Waals surface area contributed by atoms with Crippen LogP contribution in [0.15, 0.2) is 18.2 Å². The van der Waals surface area contributed by atoms with Gasteiger partial charge in [-0.3, -0.25) is 10.1 Å². The minimum atomic E-state index is -0.700. The lowest BCUT2D eigenvalue weighted by Gasteiger charge is -2.21. The SMILES string of the molecule is CCCCCCCC(CCCCCC)NC(=O)OC(C)c1ccc(CSC(CCCC)CCCCC)cc1[N+](=O)[O-]. The van der Waals surface area contributed by atoms with Gasteiger partial charge in [0.25, 0.3) is 5.69 Å². The third-order valence-corrected chi connectivity index (χ3v) is 9.34. The Bertz CT molecular complexity index is 835. The van der Waals surface area contributed by atoms with Crippen molar-refractivity contribution in [2.45, 2.75) is 173 Å². The molecule has 0 spiro atoms. The Morgan fingerprint density at radius 3 is 1.98 bits per heavy atom. The molecule has 236 valence electrons. The Morgan fingerprint density at radius 1 is 0.829 bits per heavy atom. The summed E-state index contributed by atoms with van der Waals surface area (Å²) in [5, 5.41) is 15.7. The maximum atomic E-state index is 12.9. The molecule has 1 aromatic rings. The first kappa shape index (κ1) is 37.3. The quantitative estimate of drug-likeness (QED) is 0.0693. The molecule has 0 saturated carbocycles. The van der Waals surface area contributed by atoms with E-state index in [0.29, 0.717) is 10.8 Å². The second kappa shape index (κ2) is 23.8. The summed E-state index contributed by atoms with van der Waals surface area (Å²) in [5.41, 5.74) is 1.43. The average Bonchev–Trinajstić information content (AvgIpc) is 2.95. The van der Waals surface area contributed by atoms with Crippen LogP contribution >= 0.6 is 11.8 Å². The van der Waals surface area contributed by atoms with Gasteiger partial charge in [0.2, 0.25) is 0 Å². The van der Waals surface area contributed by atoms with E-state index in [2.05, 4.69) is 33.0 Å². The number of hydrogen-bond acceptors (Lipinski definition) is 5. The second-order valence-electron chi connectivity index (χ2n) is 11.7. The number of carbonyl (C=O) groups is 1. The minimum absolute atomic E-state index is 0.0338. The number of nitro benzene ring substituents is 1. The van der Waals surface area contributed by atoms with Crippen LogP contribution in [0.4, 0.5) is 10.5 Å². The van der Waals surface area contributed by atoms with Crippen molar-refractivity contribution in [1.82, 2.24) is 5.32 Å². The van der Waals surface area contributed by atoms with Gasteiger partial charge < -0.3 is 10.1 Å². The molecule has 41 heavy (non-hydrogen) atoms. The van der Waals surface area contributed by atoms with Crippen molar-refractivity contribution >= 4 is 23.5 Å². The Morgan fingerprint density at radius 2 is 1.37 bits per heavy atom. The lowest BCUT2D eigenvalue weighted by atomic mass is 10.0. The third kappa shape index (κ3) is 17.1. The number of nitro groups is 1. The highest BCUT2D eigenvalue weighted by molar-refractivity contribution is 7.99. The fourth-order valence-electron chi connectivity index (χ4n) is 5.29. The molecule has 1 rings (SSSR count). The first-order chi connectivity index (χ1) is 19.9. The van der Waals surface area contributed by atoms with Gasteiger partial charge in [0, 0.05) is 23.1 Å². The zero-order valence-electron chi connectivity index (χ0n) is 26.9. The van der Waals surface area contributed by atoms with Crippen LogP contribution in [0.1, 0.15) is 167 Å². The molecular formula is C34H60N2O4S. The van der Waals surface area contributed by atoms with Gasteiger partial charge in [-0.25, -0.2) is 4.79 Å². The molecule has 0 aromatic heterocycles. The molecule has 0 aliphatic rings. The van der Waals surface area contributed by atoms with E-state index in [4.69, 9.17) is 4.74 Å². The van der Waals surface area contributed by atoms with Crippen molar-refractivity contribution in [2.24, 2.45) is 0 Å². The number of hydrogen-bond donors (Lipinski definition) is 1. The van der Waals surface area contributed by atoms with E-state index >= 15 is 0 Å². The number of alkyl carbamates (subject to hydrolysis) is 1. The molecule has 0 aliphatic heterocycles. The third-order valence-electron chi connectivity index (χ3n) is 7.89. The summed E-state index contributed by atoms with van der Waals surface area (Å²) < 4.78 is 5.71. The van der Waals surface area contributed by atoms with Crippen molar-refractivity contribution in [1.29, 1.82) is 0 Å². The fraction of sp³-hybridized carbons (Fsp3) is 0.794. The Hall–Kier alpha value is -1.76. The van der Waals surface area contributed by atoms with Gasteiger partial charge in [-0.2, -0.15) is 11.8 Å². The molecule has 7 heteroatoms. The number of ether oxygens (including phenoxy) is 1. The average molecular weight is 593 g/mol. The van der Waals surface area contributed by atoms with Crippen LogP contribution in [0.2, 0.25) is 0 Å². The summed E-state index contributed by atoms with van der Waals surface area (Å²) in [5.74, 6) is 0.759. The van der Waals surface area contributed by atoms with Gasteiger partial charge in [0.05, 0.1) is 10.5 Å². The van der Waals surface area contributed by atoms with Gasteiger partial charge in [0.15, 0.2) is 0 Å². The molecule has 0 heterocycles. The highest BCUT2D eigenvalue weighted by Crippen LogP contribution is 2.32. The van der Waals surface area contributed by atoms with E-state index in [9.17, 15) is 14.9 Å².